The van der Waals surface area contributed by atoms with Crippen molar-refractivity contribution in [3.63, 3.8) is 0 Å². The highest BCUT2D eigenvalue weighted by Gasteiger charge is 2.28. The van der Waals surface area contributed by atoms with Crippen molar-refractivity contribution in [1.29, 1.82) is 0 Å². The molecule has 5 heteroatoms. The molecule has 0 aromatic heterocycles. The third kappa shape index (κ3) is 3.82. The molecule has 0 saturated carbocycles. The summed E-state index contributed by atoms with van der Waals surface area (Å²) in [7, 11) is -3.31. The van der Waals surface area contributed by atoms with E-state index >= 15 is 0 Å². The summed E-state index contributed by atoms with van der Waals surface area (Å²) in [5, 5.41) is 0. The van der Waals surface area contributed by atoms with Crippen LogP contribution in [0.5, 0.6) is 0 Å². The molecule has 72 valence electrons. The topological polar surface area (TPSA) is 63.2 Å². The minimum Gasteiger partial charge on any atom is -0.298 e. The Morgan fingerprint density at radius 1 is 1.42 bits per heavy atom. The van der Waals surface area contributed by atoms with Crippen LogP contribution in [-0.4, -0.2) is 26.0 Å². The SMILES string of the molecule is CCC(=O)C(C)(C)NS(C)(=O)=O. The predicted molar refractivity (Wildman–Crippen MR) is 47.4 cm³/mol. The van der Waals surface area contributed by atoms with Gasteiger partial charge in [-0.3, -0.25) is 4.79 Å². The van der Waals surface area contributed by atoms with Gasteiger partial charge in [-0.25, -0.2) is 13.1 Å². The van der Waals surface area contributed by atoms with E-state index in [4.69, 9.17) is 0 Å². The quantitative estimate of drug-likeness (QED) is 0.698. The van der Waals surface area contributed by atoms with Crippen LogP contribution in [0.1, 0.15) is 27.2 Å². The van der Waals surface area contributed by atoms with Crippen molar-refractivity contribution in [3.8, 4) is 0 Å². The molecular weight excluding hydrogens is 178 g/mol. The molecule has 0 aromatic rings. The summed E-state index contributed by atoms with van der Waals surface area (Å²) in [6, 6.07) is 0. The van der Waals surface area contributed by atoms with E-state index in [0.29, 0.717) is 6.42 Å². The molecule has 0 unspecified atom stereocenters. The van der Waals surface area contributed by atoms with Crippen LogP contribution in [0.15, 0.2) is 0 Å². The first kappa shape index (κ1) is 11.6. The van der Waals surface area contributed by atoms with Gasteiger partial charge in [0.1, 0.15) is 0 Å². The molecule has 12 heavy (non-hydrogen) atoms. The minimum atomic E-state index is -3.31. The summed E-state index contributed by atoms with van der Waals surface area (Å²) in [5.41, 5.74) is -0.984. The smallest absolute Gasteiger partial charge is 0.209 e. The molecule has 0 spiro atoms. The van der Waals surface area contributed by atoms with Gasteiger partial charge in [-0.1, -0.05) is 6.92 Å². The highest BCUT2D eigenvalue weighted by molar-refractivity contribution is 7.88. The van der Waals surface area contributed by atoms with Crippen LogP contribution >= 0.6 is 0 Å². The molecule has 0 radical (unpaired) electrons. The van der Waals surface area contributed by atoms with E-state index in [2.05, 4.69) is 4.72 Å². The van der Waals surface area contributed by atoms with Crippen molar-refractivity contribution in [2.45, 2.75) is 32.7 Å². The van der Waals surface area contributed by atoms with Gasteiger partial charge in [0, 0.05) is 6.42 Å². The summed E-state index contributed by atoms with van der Waals surface area (Å²) in [5.74, 6) is -0.118. The van der Waals surface area contributed by atoms with Gasteiger partial charge < -0.3 is 0 Å². The van der Waals surface area contributed by atoms with Gasteiger partial charge in [-0.2, -0.15) is 0 Å². The monoisotopic (exact) mass is 193 g/mol. The maximum absolute atomic E-state index is 11.2. The minimum absolute atomic E-state index is 0.118. The van der Waals surface area contributed by atoms with Crippen LogP contribution < -0.4 is 4.72 Å². The molecule has 0 saturated heterocycles. The number of carbonyl (C=O) groups is 1. The lowest BCUT2D eigenvalue weighted by atomic mass is 9.99. The van der Waals surface area contributed by atoms with E-state index in [0.717, 1.165) is 6.26 Å². The number of hydrogen-bond acceptors (Lipinski definition) is 3. The van der Waals surface area contributed by atoms with Gasteiger partial charge in [0.2, 0.25) is 10.0 Å². The fraction of sp³-hybridized carbons (Fsp3) is 0.857. The Morgan fingerprint density at radius 2 is 1.83 bits per heavy atom. The maximum Gasteiger partial charge on any atom is 0.209 e. The first-order valence-corrected chi connectivity index (χ1v) is 5.60. The molecule has 0 atom stereocenters. The second-order valence-corrected chi connectivity index (χ2v) is 5.02. The molecule has 0 aliphatic heterocycles. The second kappa shape index (κ2) is 3.53. The van der Waals surface area contributed by atoms with E-state index in [9.17, 15) is 13.2 Å². The lowest BCUT2D eigenvalue weighted by Crippen LogP contribution is -2.48. The van der Waals surface area contributed by atoms with E-state index in [-0.39, 0.29) is 5.78 Å². The highest BCUT2D eigenvalue weighted by atomic mass is 32.2. The number of rotatable bonds is 4. The zero-order valence-electron chi connectivity index (χ0n) is 7.84. The average molecular weight is 193 g/mol. The van der Waals surface area contributed by atoms with Gasteiger partial charge in [0.05, 0.1) is 11.8 Å². The predicted octanol–water partition coefficient (Wildman–Crippen LogP) is 0.293. The Kier molecular flexibility index (Phi) is 3.41. The number of sulfonamides is 1. The van der Waals surface area contributed by atoms with Crippen molar-refractivity contribution in [1.82, 2.24) is 4.72 Å². The highest BCUT2D eigenvalue weighted by Crippen LogP contribution is 2.07. The molecule has 1 N–H and O–H groups in total. The lowest BCUT2D eigenvalue weighted by molar-refractivity contribution is -0.123. The molecule has 0 fully saturated rings. The Hall–Kier alpha value is -0.420. The summed E-state index contributed by atoms with van der Waals surface area (Å²) in [6.07, 6.45) is 1.37. The maximum atomic E-state index is 11.2. The van der Waals surface area contributed by atoms with Gasteiger partial charge in [0.15, 0.2) is 5.78 Å². The van der Waals surface area contributed by atoms with Crippen LogP contribution in [0.3, 0.4) is 0 Å². The van der Waals surface area contributed by atoms with Crippen molar-refractivity contribution >= 4 is 15.8 Å². The number of nitrogens with one attached hydrogen (secondary N) is 1. The standard InChI is InChI=1S/C7H15NO3S/c1-5-6(9)7(2,3)8-12(4,10)11/h8H,5H2,1-4H3. The van der Waals surface area contributed by atoms with Crippen LogP contribution in [0, 0.1) is 0 Å². The molecule has 0 aromatic carbocycles. The third-order valence-electron chi connectivity index (χ3n) is 1.46. The van der Waals surface area contributed by atoms with Crippen LogP contribution in [0.25, 0.3) is 0 Å². The van der Waals surface area contributed by atoms with Gasteiger partial charge in [-0.15, -0.1) is 0 Å². The van der Waals surface area contributed by atoms with E-state index in [1.54, 1.807) is 20.8 Å². The molecular formula is C7H15NO3S. The Morgan fingerprint density at radius 3 is 2.08 bits per heavy atom. The first-order chi connectivity index (χ1) is 5.19. The van der Waals surface area contributed by atoms with Crippen LogP contribution in [0.4, 0.5) is 0 Å². The van der Waals surface area contributed by atoms with Crippen molar-refractivity contribution in [3.05, 3.63) is 0 Å². The number of ketones is 1. The van der Waals surface area contributed by atoms with E-state index < -0.39 is 15.6 Å². The fourth-order valence-corrected chi connectivity index (χ4v) is 2.00. The largest absolute Gasteiger partial charge is 0.298 e. The van der Waals surface area contributed by atoms with Gasteiger partial charge in [-0.05, 0) is 13.8 Å². The third-order valence-corrected chi connectivity index (χ3v) is 2.34. The molecule has 0 bridgehead atoms. The Labute approximate surface area is 73.4 Å². The number of Topliss-reactive ketones (excluding diaryl/α,β-unsaturated/α-hetero) is 1. The summed E-state index contributed by atoms with van der Waals surface area (Å²) in [6.45, 7) is 4.81. The van der Waals surface area contributed by atoms with Crippen molar-refractivity contribution in [2.24, 2.45) is 0 Å². The van der Waals surface area contributed by atoms with Crippen LogP contribution in [0.2, 0.25) is 0 Å². The van der Waals surface area contributed by atoms with Crippen molar-refractivity contribution < 1.29 is 13.2 Å². The average Bonchev–Trinajstić information content (AvgIpc) is 1.80. The first-order valence-electron chi connectivity index (χ1n) is 3.71. The normalized spacial score (nSPS) is 13.0. The van der Waals surface area contributed by atoms with Gasteiger partial charge >= 0.3 is 0 Å². The zero-order chi connectivity index (χ0) is 9.99. The molecule has 0 rings (SSSR count). The number of carbonyl (C=O) groups excluding carboxylic acids is 1. The Bertz CT molecular complexity index is 266. The van der Waals surface area contributed by atoms with Crippen molar-refractivity contribution in [2.75, 3.05) is 6.26 Å². The number of hydrogen-bond donors (Lipinski definition) is 1. The summed E-state index contributed by atoms with van der Waals surface area (Å²) >= 11 is 0. The van der Waals surface area contributed by atoms with Crippen LogP contribution in [-0.2, 0) is 14.8 Å². The molecule has 0 heterocycles. The van der Waals surface area contributed by atoms with Gasteiger partial charge in [0.25, 0.3) is 0 Å². The lowest BCUT2D eigenvalue weighted by Gasteiger charge is -2.22. The summed E-state index contributed by atoms with van der Waals surface area (Å²) in [4.78, 5) is 11.2. The fourth-order valence-electron chi connectivity index (χ4n) is 0.962. The molecule has 0 aliphatic rings. The summed E-state index contributed by atoms with van der Waals surface area (Å²) < 4.78 is 23.9. The zero-order valence-corrected chi connectivity index (χ0v) is 8.66. The van der Waals surface area contributed by atoms with E-state index in [1.165, 1.54) is 0 Å². The van der Waals surface area contributed by atoms with E-state index in [1.807, 2.05) is 0 Å². The molecule has 0 aliphatic carbocycles. The molecule has 4 nitrogen and oxygen atoms in total. The second-order valence-electron chi connectivity index (χ2n) is 3.28. The Balaban J connectivity index is 4.54. The molecule has 0 amide bonds.